The molecular weight excluding hydrogens is 867 g/mol. The van der Waals surface area contributed by atoms with Gasteiger partial charge < -0.3 is 14.2 Å². The van der Waals surface area contributed by atoms with Crippen LogP contribution in [0.2, 0.25) is 0 Å². The number of hydrogen-bond donors (Lipinski definition) is 0. The van der Waals surface area contributed by atoms with Gasteiger partial charge in [-0.2, -0.15) is 0 Å². The molecule has 0 saturated carbocycles. The van der Waals surface area contributed by atoms with Crippen molar-refractivity contribution in [2.24, 2.45) is 0 Å². The molecule has 0 aliphatic carbocycles. The van der Waals surface area contributed by atoms with Crippen molar-refractivity contribution in [2.75, 3.05) is 19.1 Å². The van der Waals surface area contributed by atoms with Gasteiger partial charge >= 0.3 is 0 Å². The van der Waals surface area contributed by atoms with E-state index in [9.17, 15) is 0 Å². The van der Waals surface area contributed by atoms with Gasteiger partial charge in [0.05, 0.1) is 18.1 Å². The normalized spacial score (nSPS) is 11.2. The molecule has 0 unspecified atom stereocenters. The van der Waals surface area contributed by atoms with Crippen LogP contribution in [0.4, 0.5) is 11.4 Å². The first-order valence-corrected chi connectivity index (χ1v) is 23.9. The van der Waals surface area contributed by atoms with Crippen molar-refractivity contribution in [1.82, 2.24) is 19.5 Å². The minimum Gasteiger partial charge on any atom is -0.496 e. The van der Waals surface area contributed by atoms with E-state index in [1.54, 1.807) is 7.11 Å². The summed E-state index contributed by atoms with van der Waals surface area (Å²) in [6.45, 7) is 0. The number of aromatic nitrogens is 4. The van der Waals surface area contributed by atoms with Crippen molar-refractivity contribution < 1.29 is 4.74 Å². The van der Waals surface area contributed by atoms with Crippen LogP contribution in [0.1, 0.15) is 0 Å². The topological polar surface area (TPSA) is 56.1 Å². The third-order valence-corrected chi connectivity index (χ3v) is 13.4. The van der Waals surface area contributed by atoms with E-state index in [0.29, 0.717) is 17.5 Å². The number of nitrogens with zero attached hydrogens (tertiary/aromatic N) is 5. The van der Waals surface area contributed by atoms with Crippen LogP contribution in [0.25, 0.3) is 106 Å². The number of methoxy groups -OCH3 is 1. The Kier molecular flexibility index (Phi) is 11.2. The molecule has 71 heavy (non-hydrogen) atoms. The van der Waals surface area contributed by atoms with E-state index in [4.69, 9.17) is 19.7 Å². The number of ether oxygens (including phenoxy) is 1. The highest BCUT2D eigenvalue weighted by atomic mass is 16.5. The molecular formula is C65H47N5O. The first-order chi connectivity index (χ1) is 35.1. The number of fused-ring (bicyclic) bond motifs is 3. The van der Waals surface area contributed by atoms with E-state index in [1.165, 1.54) is 16.3 Å². The van der Waals surface area contributed by atoms with Crippen LogP contribution in [-0.4, -0.2) is 33.7 Å². The fourth-order valence-electron chi connectivity index (χ4n) is 9.86. The zero-order valence-electron chi connectivity index (χ0n) is 39.3. The Morgan fingerprint density at radius 1 is 0.352 bits per heavy atom. The maximum Gasteiger partial charge on any atom is 0.164 e. The zero-order chi connectivity index (χ0) is 47.7. The average Bonchev–Trinajstić information content (AvgIpc) is 3.78. The first kappa shape index (κ1) is 42.9. The predicted molar refractivity (Wildman–Crippen MR) is 293 cm³/mol. The van der Waals surface area contributed by atoms with E-state index in [2.05, 4.69) is 205 Å². The van der Waals surface area contributed by atoms with Crippen LogP contribution < -0.4 is 9.64 Å². The minimum atomic E-state index is 0.609. The van der Waals surface area contributed by atoms with Crippen LogP contribution in [0.15, 0.2) is 249 Å². The largest absolute Gasteiger partial charge is 0.496 e. The van der Waals surface area contributed by atoms with E-state index in [0.717, 1.165) is 89.5 Å². The van der Waals surface area contributed by atoms with Crippen molar-refractivity contribution in [3.63, 3.8) is 0 Å². The summed E-state index contributed by atoms with van der Waals surface area (Å²) in [4.78, 5) is 17.3. The summed E-state index contributed by atoms with van der Waals surface area (Å²) in [5.74, 6) is 2.66. The summed E-state index contributed by atoms with van der Waals surface area (Å²) in [5, 5.41) is 2.37. The second-order valence-electron chi connectivity index (χ2n) is 17.6. The molecule has 6 nitrogen and oxygen atoms in total. The van der Waals surface area contributed by atoms with Gasteiger partial charge in [-0.25, -0.2) is 15.0 Å². The summed E-state index contributed by atoms with van der Waals surface area (Å²) < 4.78 is 8.52. The highest BCUT2D eigenvalue weighted by molar-refractivity contribution is 6.12. The molecule has 0 amide bonds. The highest BCUT2D eigenvalue weighted by Gasteiger charge is 2.20. The molecule has 2 aromatic heterocycles. The SMILES string of the molecule is COc1ccc(-c2ccc3c(c2)c2ccc(-c4ccccc4N(C)c4ccccc4)cc2n3-c2ccccc2)cc1-c1ccccc1-c1cccc(-c2nc(-c3ccccc3)nc(-c3ccccc3)n2)c1. The molecule has 0 aliphatic heterocycles. The number of para-hydroxylation sites is 3. The lowest BCUT2D eigenvalue weighted by Gasteiger charge is -2.23. The van der Waals surface area contributed by atoms with Crippen LogP contribution in [0, 0.1) is 0 Å². The van der Waals surface area contributed by atoms with Gasteiger partial charge in [0.15, 0.2) is 17.5 Å². The zero-order valence-corrected chi connectivity index (χ0v) is 39.3. The van der Waals surface area contributed by atoms with E-state index < -0.39 is 0 Å². The molecule has 2 heterocycles. The summed E-state index contributed by atoms with van der Waals surface area (Å²) in [6.07, 6.45) is 0. The number of rotatable bonds is 11. The molecule has 0 N–H and O–H groups in total. The molecule has 0 spiro atoms. The summed E-state index contributed by atoms with van der Waals surface area (Å²) in [6, 6.07) is 87.3. The van der Waals surface area contributed by atoms with Crippen LogP contribution >= 0.6 is 0 Å². The molecule has 0 aliphatic rings. The monoisotopic (exact) mass is 913 g/mol. The Morgan fingerprint density at radius 2 is 0.873 bits per heavy atom. The third-order valence-electron chi connectivity index (χ3n) is 13.4. The van der Waals surface area contributed by atoms with Crippen molar-refractivity contribution in [3.05, 3.63) is 249 Å². The second kappa shape index (κ2) is 18.6. The highest BCUT2D eigenvalue weighted by Crippen LogP contribution is 2.43. The molecule has 12 rings (SSSR count). The van der Waals surface area contributed by atoms with Gasteiger partial charge in [0.25, 0.3) is 0 Å². The molecule has 0 bridgehead atoms. The lowest BCUT2D eigenvalue weighted by molar-refractivity contribution is 0.416. The molecule has 6 heteroatoms. The van der Waals surface area contributed by atoms with Gasteiger partial charge in [-0.1, -0.05) is 182 Å². The minimum absolute atomic E-state index is 0.609. The van der Waals surface area contributed by atoms with Gasteiger partial charge in [0.1, 0.15) is 5.75 Å². The molecule has 0 atom stereocenters. The Bertz CT molecular complexity index is 3810. The number of hydrogen-bond acceptors (Lipinski definition) is 5. The van der Waals surface area contributed by atoms with Gasteiger partial charge in [-0.3, -0.25) is 0 Å². The Hall–Kier alpha value is -9.39. The fraction of sp³-hybridized carbons (Fsp3) is 0.0308. The van der Waals surface area contributed by atoms with Gasteiger partial charge in [-0.15, -0.1) is 0 Å². The fourth-order valence-corrected chi connectivity index (χ4v) is 9.86. The molecule has 10 aromatic carbocycles. The average molecular weight is 914 g/mol. The van der Waals surface area contributed by atoms with Gasteiger partial charge in [-0.05, 0) is 100 Å². The van der Waals surface area contributed by atoms with Crippen molar-refractivity contribution in [3.8, 4) is 90.1 Å². The lowest BCUT2D eigenvalue weighted by Crippen LogP contribution is -2.10. The van der Waals surface area contributed by atoms with E-state index in [-0.39, 0.29) is 0 Å². The Morgan fingerprint density at radius 3 is 1.56 bits per heavy atom. The first-order valence-electron chi connectivity index (χ1n) is 23.9. The standard InChI is InChI=1S/C65H47N5O/c1-69(51-26-11-5-12-27-51)59-33-18-17-31-54(59)49-34-37-56-57-41-46(35-38-60(57)70(61(56)43-49)52-28-13-6-14-29-52)47-36-39-62(71-2)58(42-47)55-32-16-15-30-53(55)48-24-19-25-50(40-48)65-67-63(44-20-7-3-8-21-44)66-64(68-65)45-22-9-4-10-23-45/h3-43H,1-2H3. The molecule has 338 valence electrons. The van der Waals surface area contributed by atoms with Crippen LogP contribution in [0.5, 0.6) is 5.75 Å². The lowest BCUT2D eigenvalue weighted by atomic mass is 9.91. The van der Waals surface area contributed by atoms with Gasteiger partial charge in [0.2, 0.25) is 0 Å². The third kappa shape index (κ3) is 8.17. The second-order valence-corrected chi connectivity index (χ2v) is 17.6. The molecule has 0 fully saturated rings. The van der Waals surface area contributed by atoms with Crippen molar-refractivity contribution in [2.45, 2.75) is 0 Å². The summed E-state index contributed by atoms with van der Waals surface area (Å²) in [5.41, 5.74) is 17.1. The molecule has 0 radical (unpaired) electrons. The van der Waals surface area contributed by atoms with Crippen LogP contribution in [0.3, 0.4) is 0 Å². The van der Waals surface area contributed by atoms with Crippen LogP contribution in [-0.2, 0) is 0 Å². The van der Waals surface area contributed by atoms with Gasteiger partial charge in [0, 0.05) is 62.7 Å². The maximum atomic E-state index is 6.13. The predicted octanol–water partition coefficient (Wildman–Crippen LogP) is 16.4. The quantitative estimate of drug-likeness (QED) is 0.129. The van der Waals surface area contributed by atoms with Crippen molar-refractivity contribution >= 4 is 33.2 Å². The number of anilines is 2. The molecule has 0 saturated heterocycles. The summed E-state index contributed by atoms with van der Waals surface area (Å²) in [7, 11) is 3.88. The smallest absolute Gasteiger partial charge is 0.164 e. The number of benzene rings is 10. The summed E-state index contributed by atoms with van der Waals surface area (Å²) >= 11 is 0. The van der Waals surface area contributed by atoms with E-state index in [1.807, 2.05) is 60.7 Å². The van der Waals surface area contributed by atoms with E-state index >= 15 is 0 Å². The Labute approximate surface area is 413 Å². The maximum absolute atomic E-state index is 6.13. The Balaban J connectivity index is 0.951. The molecule has 12 aromatic rings. The van der Waals surface area contributed by atoms with Crippen molar-refractivity contribution in [1.29, 1.82) is 0 Å².